The Bertz CT molecular complexity index is 397. The lowest BCUT2D eigenvalue weighted by molar-refractivity contribution is -0.136. The van der Waals surface area contributed by atoms with Crippen molar-refractivity contribution in [2.24, 2.45) is 11.8 Å². The third-order valence-electron chi connectivity index (χ3n) is 6.05. The van der Waals surface area contributed by atoms with Gasteiger partial charge in [0, 0.05) is 24.9 Å². The van der Waals surface area contributed by atoms with Crippen LogP contribution in [0.1, 0.15) is 79.1 Å². The van der Waals surface area contributed by atoms with E-state index in [1.807, 2.05) is 0 Å². The highest BCUT2D eigenvalue weighted by Crippen LogP contribution is 2.38. The smallest absolute Gasteiger partial charge is 0.226 e. The van der Waals surface area contributed by atoms with Crippen molar-refractivity contribution in [1.29, 1.82) is 0 Å². The summed E-state index contributed by atoms with van der Waals surface area (Å²) in [6, 6.07) is 0.484. The fourth-order valence-corrected chi connectivity index (χ4v) is 4.46. The van der Waals surface area contributed by atoms with Gasteiger partial charge >= 0.3 is 0 Å². The predicted octanol–water partition coefficient (Wildman–Crippen LogP) is 3.84. The van der Waals surface area contributed by atoms with Crippen LogP contribution >= 0.6 is 0 Å². The summed E-state index contributed by atoms with van der Waals surface area (Å²) >= 11 is 0. The first-order valence-corrected chi connectivity index (χ1v) is 10.2. The first kappa shape index (κ1) is 19.3. The molecule has 0 aromatic heterocycles. The normalized spacial score (nSPS) is 30.7. The summed E-state index contributed by atoms with van der Waals surface area (Å²) in [5, 5.41) is 0. The number of unbranched alkanes of at least 4 members (excludes halogenated alkanes) is 2. The predicted molar refractivity (Wildman–Crippen MR) is 97.6 cm³/mol. The Morgan fingerprint density at radius 1 is 0.750 bits per heavy atom. The van der Waals surface area contributed by atoms with Gasteiger partial charge in [-0.1, -0.05) is 40.5 Å². The number of carbonyl (C=O) groups excluding carboxylic acids is 2. The molecule has 2 aliphatic rings. The van der Waals surface area contributed by atoms with Crippen molar-refractivity contribution >= 4 is 11.8 Å². The van der Waals surface area contributed by atoms with Crippen molar-refractivity contribution in [1.82, 2.24) is 9.80 Å². The summed E-state index contributed by atoms with van der Waals surface area (Å²) in [6.07, 6.45) is 8.06. The molecule has 0 saturated carbocycles. The van der Waals surface area contributed by atoms with Crippen LogP contribution in [0.5, 0.6) is 0 Å². The summed E-state index contributed by atoms with van der Waals surface area (Å²) < 4.78 is 0. The highest BCUT2D eigenvalue weighted by Gasteiger charge is 2.49. The molecule has 2 heterocycles. The highest BCUT2D eigenvalue weighted by atomic mass is 16.2. The fourth-order valence-electron chi connectivity index (χ4n) is 4.46. The third-order valence-corrected chi connectivity index (χ3v) is 6.05. The summed E-state index contributed by atoms with van der Waals surface area (Å²) in [7, 11) is 0. The van der Waals surface area contributed by atoms with Gasteiger partial charge in [-0.3, -0.25) is 9.59 Å². The number of hydrogen-bond acceptors (Lipinski definition) is 2. The number of nitrogens with zero attached hydrogens (tertiary/aromatic N) is 2. The summed E-state index contributed by atoms with van der Waals surface area (Å²) in [4.78, 5) is 29.8. The third kappa shape index (κ3) is 3.78. The molecule has 4 unspecified atom stereocenters. The minimum Gasteiger partial charge on any atom is -0.337 e. The zero-order chi connectivity index (χ0) is 17.7. The van der Waals surface area contributed by atoms with Crippen LogP contribution in [0.4, 0.5) is 0 Å². The van der Waals surface area contributed by atoms with E-state index in [-0.39, 0.29) is 23.9 Å². The second kappa shape index (κ2) is 8.87. The van der Waals surface area contributed by atoms with E-state index >= 15 is 0 Å². The average Bonchev–Trinajstić information content (AvgIpc) is 3.07. The molecule has 4 nitrogen and oxygen atoms in total. The number of carbonyl (C=O) groups is 2. The van der Waals surface area contributed by atoms with Crippen LogP contribution in [0.15, 0.2) is 0 Å². The maximum atomic E-state index is 12.8. The molecule has 0 N–H and O–H groups in total. The highest BCUT2D eigenvalue weighted by molar-refractivity contribution is 5.84. The van der Waals surface area contributed by atoms with Crippen LogP contribution in [-0.4, -0.2) is 46.8 Å². The van der Waals surface area contributed by atoms with Gasteiger partial charge in [-0.2, -0.15) is 0 Å². The molecule has 2 aliphatic heterocycles. The summed E-state index contributed by atoms with van der Waals surface area (Å²) in [5.41, 5.74) is 0. The van der Waals surface area contributed by atoms with Crippen molar-refractivity contribution in [3.63, 3.8) is 0 Å². The summed E-state index contributed by atoms with van der Waals surface area (Å²) in [6.45, 7) is 10.3. The Morgan fingerprint density at radius 3 is 1.42 bits per heavy atom. The van der Waals surface area contributed by atoms with Crippen molar-refractivity contribution in [2.75, 3.05) is 13.1 Å². The van der Waals surface area contributed by atoms with Crippen LogP contribution in [0, 0.1) is 11.8 Å². The van der Waals surface area contributed by atoms with Crippen LogP contribution < -0.4 is 0 Å². The van der Waals surface area contributed by atoms with E-state index in [9.17, 15) is 9.59 Å². The zero-order valence-corrected chi connectivity index (χ0v) is 16.1. The molecule has 2 saturated heterocycles. The zero-order valence-electron chi connectivity index (χ0n) is 16.1. The molecule has 138 valence electrons. The minimum atomic E-state index is 0.163. The standard InChI is InChI=1S/C20H36N2O2/c1-5-9-11-21-17(13-15(7-3)19(21)23)18-14-16(8-4)20(24)22(18)12-10-6-2/h15-18H,5-14H2,1-4H3. The second-order valence-corrected chi connectivity index (χ2v) is 7.59. The van der Waals surface area contributed by atoms with E-state index in [4.69, 9.17) is 0 Å². The van der Waals surface area contributed by atoms with Gasteiger partial charge in [0.1, 0.15) is 0 Å². The molecule has 2 fully saturated rings. The van der Waals surface area contributed by atoms with Gasteiger partial charge in [0.15, 0.2) is 0 Å². The Morgan fingerprint density at radius 2 is 1.12 bits per heavy atom. The monoisotopic (exact) mass is 336 g/mol. The van der Waals surface area contributed by atoms with Crippen LogP contribution in [0.25, 0.3) is 0 Å². The molecule has 24 heavy (non-hydrogen) atoms. The first-order valence-electron chi connectivity index (χ1n) is 10.2. The number of rotatable bonds is 9. The molecule has 2 rings (SSSR count). The maximum absolute atomic E-state index is 12.8. The van der Waals surface area contributed by atoms with Crippen LogP contribution in [-0.2, 0) is 9.59 Å². The van der Waals surface area contributed by atoms with Gasteiger partial charge in [0.05, 0.1) is 12.1 Å². The van der Waals surface area contributed by atoms with Gasteiger partial charge in [0.2, 0.25) is 11.8 Å². The van der Waals surface area contributed by atoms with Crippen molar-refractivity contribution in [3.8, 4) is 0 Å². The molecule has 0 spiro atoms. The molecule has 0 aliphatic carbocycles. The summed E-state index contributed by atoms with van der Waals surface area (Å²) in [5.74, 6) is 0.990. The molecule has 0 aromatic rings. The average molecular weight is 337 g/mol. The Hall–Kier alpha value is -1.06. The van der Waals surface area contributed by atoms with Crippen molar-refractivity contribution < 1.29 is 9.59 Å². The number of hydrogen-bond donors (Lipinski definition) is 0. The van der Waals surface area contributed by atoms with Crippen LogP contribution in [0.3, 0.4) is 0 Å². The van der Waals surface area contributed by atoms with Gasteiger partial charge < -0.3 is 9.80 Å². The van der Waals surface area contributed by atoms with E-state index in [1.165, 1.54) is 0 Å². The Labute approximate surface area is 148 Å². The molecule has 4 heteroatoms. The Balaban J connectivity index is 2.20. The van der Waals surface area contributed by atoms with Gasteiger partial charge in [0.25, 0.3) is 0 Å². The number of likely N-dealkylation sites (tertiary alicyclic amines) is 2. The van der Waals surface area contributed by atoms with E-state index in [1.54, 1.807) is 0 Å². The molecule has 0 bridgehead atoms. The second-order valence-electron chi connectivity index (χ2n) is 7.59. The van der Waals surface area contributed by atoms with E-state index in [0.717, 1.165) is 64.5 Å². The first-order chi connectivity index (χ1) is 11.6. The Kier molecular flexibility index (Phi) is 7.12. The van der Waals surface area contributed by atoms with Crippen LogP contribution in [0.2, 0.25) is 0 Å². The largest absolute Gasteiger partial charge is 0.337 e. The van der Waals surface area contributed by atoms with E-state index in [0.29, 0.717) is 11.8 Å². The maximum Gasteiger partial charge on any atom is 0.226 e. The van der Waals surface area contributed by atoms with Gasteiger partial charge in [-0.05, 0) is 38.5 Å². The number of amides is 2. The minimum absolute atomic E-state index is 0.163. The van der Waals surface area contributed by atoms with E-state index < -0.39 is 0 Å². The molecule has 0 aromatic carbocycles. The van der Waals surface area contributed by atoms with Crippen molar-refractivity contribution in [3.05, 3.63) is 0 Å². The van der Waals surface area contributed by atoms with Gasteiger partial charge in [-0.25, -0.2) is 0 Å². The quantitative estimate of drug-likeness (QED) is 0.642. The van der Waals surface area contributed by atoms with Crippen molar-refractivity contribution in [2.45, 2.75) is 91.1 Å². The van der Waals surface area contributed by atoms with Gasteiger partial charge in [-0.15, -0.1) is 0 Å². The molecule has 2 amide bonds. The lowest BCUT2D eigenvalue weighted by atomic mass is 9.93. The molecule has 0 radical (unpaired) electrons. The molecular weight excluding hydrogens is 300 g/mol. The lowest BCUT2D eigenvalue weighted by Crippen LogP contribution is -2.48. The fraction of sp³-hybridized carbons (Fsp3) is 0.900. The molecular formula is C20H36N2O2. The van der Waals surface area contributed by atoms with E-state index in [2.05, 4.69) is 37.5 Å². The molecule has 4 atom stereocenters. The SMILES string of the molecule is CCCCN1C(=O)C(CC)CC1C1CC(CC)C(=O)N1CCCC. The lowest BCUT2D eigenvalue weighted by Gasteiger charge is -2.35. The topological polar surface area (TPSA) is 40.6 Å².